The summed E-state index contributed by atoms with van der Waals surface area (Å²) in [6, 6.07) is 12.7. The zero-order valence-corrected chi connectivity index (χ0v) is 21.0. The summed E-state index contributed by atoms with van der Waals surface area (Å²) < 4.78 is 2.23. The van der Waals surface area contributed by atoms with E-state index in [1.54, 1.807) is 7.05 Å². The number of aromatic nitrogens is 4. The van der Waals surface area contributed by atoms with Gasteiger partial charge >= 0.3 is 0 Å². The van der Waals surface area contributed by atoms with Crippen molar-refractivity contribution in [3.05, 3.63) is 77.8 Å². The van der Waals surface area contributed by atoms with Crippen LogP contribution in [0, 0.1) is 6.92 Å². The lowest BCUT2D eigenvalue weighted by Crippen LogP contribution is -2.17. The lowest BCUT2D eigenvalue weighted by Gasteiger charge is -2.20. The zero-order valence-electron chi connectivity index (χ0n) is 21.0. The maximum Gasteiger partial charge on any atom is 0.246 e. The number of benzene rings is 1. The van der Waals surface area contributed by atoms with Crippen molar-refractivity contribution in [2.75, 3.05) is 24.2 Å². The number of aryl methyl sites for hydroxylation is 1. The van der Waals surface area contributed by atoms with E-state index >= 15 is 0 Å². The van der Waals surface area contributed by atoms with E-state index in [-0.39, 0.29) is 5.41 Å². The molecule has 0 saturated carbocycles. The number of fused-ring (bicyclic) bond motifs is 3. The minimum absolute atomic E-state index is 0.0237. The van der Waals surface area contributed by atoms with Crippen molar-refractivity contribution < 1.29 is 0 Å². The second kappa shape index (κ2) is 8.65. The van der Waals surface area contributed by atoms with Gasteiger partial charge in [0.05, 0.1) is 0 Å². The fourth-order valence-corrected chi connectivity index (χ4v) is 4.44. The van der Waals surface area contributed by atoms with Crippen LogP contribution in [0.1, 0.15) is 37.6 Å². The van der Waals surface area contributed by atoms with Crippen LogP contribution in [0.15, 0.2) is 60.4 Å². The van der Waals surface area contributed by atoms with Crippen molar-refractivity contribution in [3.63, 3.8) is 0 Å². The molecule has 0 amide bonds. The van der Waals surface area contributed by atoms with Crippen molar-refractivity contribution in [2.24, 2.45) is 4.99 Å². The van der Waals surface area contributed by atoms with Crippen LogP contribution < -0.4 is 16.3 Å². The molecular weight excluding hydrogens is 434 g/mol. The summed E-state index contributed by atoms with van der Waals surface area (Å²) in [5.41, 5.74) is 8.84. The van der Waals surface area contributed by atoms with Crippen LogP contribution in [0.3, 0.4) is 0 Å². The smallest absolute Gasteiger partial charge is 0.246 e. The quantitative estimate of drug-likeness (QED) is 0.439. The molecule has 2 aromatic rings. The Hall–Kier alpha value is -4.00. The topological polar surface area (TPSA) is 80.0 Å². The number of hydrogen-bond donors (Lipinski definition) is 2. The first kappa shape index (κ1) is 22.8. The first-order chi connectivity index (χ1) is 16.7. The maximum atomic E-state index is 4.65. The first-order valence-corrected chi connectivity index (χ1v) is 11.9. The van der Waals surface area contributed by atoms with E-state index in [1.807, 2.05) is 18.5 Å². The predicted molar refractivity (Wildman–Crippen MR) is 142 cm³/mol. The lowest BCUT2D eigenvalue weighted by atomic mass is 9.90. The second-order valence-corrected chi connectivity index (χ2v) is 9.97. The van der Waals surface area contributed by atoms with Crippen LogP contribution in [0.4, 0.5) is 11.5 Å². The lowest BCUT2D eigenvalue weighted by molar-refractivity contribution is 0.568. The van der Waals surface area contributed by atoms with Crippen LogP contribution >= 0.6 is 0 Å². The molecule has 1 aromatic carbocycles. The third-order valence-corrected chi connectivity index (χ3v) is 6.39. The molecule has 2 N–H and O–H groups in total. The fourth-order valence-electron chi connectivity index (χ4n) is 4.44. The normalized spacial score (nSPS) is 13.6. The van der Waals surface area contributed by atoms with Crippen molar-refractivity contribution in [1.82, 2.24) is 19.5 Å². The summed E-state index contributed by atoms with van der Waals surface area (Å²) in [4.78, 5) is 17.7. The monoisotopic (exact) mass is 465 g/mol. The molecule has 3 aliphatic rings. The molecule has 0 radical (unpaired) electrons. The highest BCUT2D eigenvalue weighted by molar-refractivity contribution is 5.86. The minimum Gasteiger partial charge on any atom is -0.369 e. The van der Waals surface area contributed by atoms with E-state index in [0.717, 1.165) is 64.1 Å². The summed E-state index contributed by atoms with van der Waals surface area (Å²) in [7, 11) is 1.71. The Morgan fingerprint density at radius 1 is 1.11 bits per heavy atom. The van der Waals surface area contributed by atoms with Crippen LogP contribution in [0.5, 0.6) is 0 Å². The van der Waals surface area contributed by atoms with Gasteiger partial charge in [0, 0.05) is 71.7 Å². The SMILES string of the molecule is C=C(Nc1ccc(C)c(-c2cc3cnc(=NC)nc-3n3c2NCC3)c1)c1ccnc(C(C)(C)C)c1. The Labute approximate surface area is 206 Å². The molecule has 35 heavy (non-hydrogen) atoms. The minimum atomic E-state index is -0.0237. The molecule has 4 heterocycles. The van der Waals surface area contributed by atoms with Gasteiger partial charge in [-0.3, -0.25) is 9.98 Å². The molecule has 3 aliphatic heterocycles. The van der Waals surface area contributed by atoms with E-state index in [4.69, 9.17) is 0 Å². The number of anilines is 2. The van der Waals surface area contributed by atoms with Crippen LogP contribution in [0.25, 0.3) is 28.2 Å². The first-order valence-electron chi connectivity index (χ1n) is 11.9. The van der Waals surface area contributed by atoms with E-state index in [2.05, 4.69) is 99.8 Å². The Morgan fingerprint density at radius 3 is 2.71 bits per heavy atom. The summed E-state index contributed by atoms with van der Waals surface area (Å²) in [5.74, 6) is 1.97. The molecule has 0 atom stereocenters. The third-order valence-electron chi connectivity index (χ3n) is 6.39. The van der Waals surface area contributed by atoms with Crippen LogP contribution in [0.2, 0.25) is 0 Å². The van der Waals surface area contributed by atoms with Gasteiger partial charge in [0.25, 0.3) is 0 Å². The molecule has 0 spiro atoms. The molecule has 0 bridgehead atoms. The third kappa shape index (κ3) is 4.30. The highest BCUT2D eigenvalue weighted by Crippen LogP contribution is 2.39. The Morgan fingerprint density at radius 2 is 1.94 bits per heavy atom. The summed E-state index contributed by atoms with van der Waals surface area (Å²) in [6.45, 7) is 14.6. The van der Waals surface area contributed by atoms with Gasteiger partial charge < -0.3 is 15.2 Å². The Bertz CT molecular complexity index is 1470. The fraction of sp³-hybridized carbons (Fsp3) is 0.286. The molecule has 7 heteroatoms. The molecule has 0 aliphatic carbocycles. The van der Waals surface area contributed by atoms with Crippen molar-refractivity contribution in [3.8, 4) is 22.5 Å². The van der Waals surface area contributed by atoms with Crippen molar-refractivity contribution in [1.29, 1.82) is 0 Å². The van der Waals surface area contributed by atoms with Gasteiger partial charge in [-0.15, -0.1) is 0 Å². The maximum absolute atomic E-state index is 4.65. The van der Waals surface area contributed by atoms with Gasteiger partial charge in [-0.2, -0.15) is 4.98 Å². The molecular formula is C28H31N7. The van der Waals surface area contributed by atoms with Crippen LogP contribution in [-0.4, -0.2) is 33.1 Å². The molecule has 5 rings (SSSR count). The standard InChI is InChI=1S/C28H31N7/c1-17-7-8-21(33-18(2)19-9-10-30-24(14-19)28(3,4)5)15-22(17)23-13-20-16-32-27(29-6)34-25(20)35-12-11-31-26(23)35/h7-10,13-16,31,33H,2,11-12H2,1,3-6H3. The second-order valence-electron chi connectivity index (χ2n) is 9.97. The van der Waals surface area contributed by atoms with Crippen molar-refractivity contribution >= 4 is 17.2 Å². The predicted octanol–water partition coefficient (Wildman–Crippen LogP) is 5.09. The number of pyridine rings is 2. The largest absolute Gasteiger partial charge is 0.369 e. The van der Waals surface area contributed by atoms with E-state index in [0.29, 0.717) is 5.62 Å². The van der Waals surface area contributed by atoms with Gasteiger partial charge in [0.15, 0.2) is 0 Å². The van der Waals surface area contributed by atoms with E-state index in [1.165, 1.54) is 5.56 Å². The summed E-state index contributed by atoms with van der Waals surface area (Å²) >= 11 is 0. The van der Waals surface area contributed by atoms with E-state index in [9.17, 15) is 0 Å². The van der Waals surface area contributed by atoms with Crippen LogP contribution in [-0.2, 0) is 12.0 Å². The number of rotatable bonds is 4. The highest BCUT2D eigenvalue weighted by atomic mass is 15.2. The average molecular weight is 466 g/mol. The molecule has 0 fully saturated rings. The molecule has 178 valence electrons. The number of hydrogen-bond acceptors (Lipinski definition) is 6. The molecule has 0 saturated heterocycles. The van der Waals surface area contributed by atoms with Gasteiger partial charge in [-0.1, -0.05) is 33.4 Å². The van der Waals surface area contributed by atoms with Gasteiger partial charge in [-0.05, 0) is 48.4 Å². The van der Waals surface area contributed by atoms with Gasteiger partial charge in [-0.25, -0.2) is 4.98 Å². The summed E-state index contributed by atoms with van der Waals surface area (Å²) in [6.07, 6.45) is 3.71. The van der Waals surface area contributed by atoms with Gasteiger partial charge in [0.2, 0.25) is 5.62 Å². The highest BCUT2D eigenvalue weighted by Gasteiger charge is 2.23. The van der Waals surface area contributed by atoms with Crippen molar-refractivity contribution in [2.45, 2.75) is 39.7 Å². The Balaban J connectivity index is 1.54. The molecule has 1 aromatic heterocycles. The number of nitrogens with zero attached hydrogens (tertiary/aromatic N) is 5. The zero-order chi connectivity index (χ0) is 24.7. The molecule has 0 unspecified atom stereocenters. The number of nitrogens with one attached hydrogen (secondary N) is 2. The Kier molecular flexibility index (Phi) is 5.63. The average Bonchev–Trinajstić information content (AvgIpc) is 3.34. The van der Waals surface area contributed by atoms with Gasteiger partial charge in [0.1, 0.15) is 11.6 Å². The molecule has 7 nitrogen and oxygen atoms in total. The summed E-state index contributed by atoms with van der Waals surface area (Å²) in [5, 5.41) is 7.07. The van der Waals surface area contributed by atoms with E-state index < -0.39 is 0 Å².